The Kier molecular flexibility index (Phi) is 8.03. The summed E-state index contributed by atoms with van der Waals surface area (Å²) < 4.78 is 44.6. The molecule has 214 valence electrons. The third-order valence-corrected chi connectivity index (χ3v) is 8.68. The number of nitrogens with zero attached hydrogens (tertiary/aromatic N) is 2. The van der Waals surface area contributed by atoms with Crippen LogP contribution in [0.5, 0.6) is 5.75 Å². The molecule has 9 nitrogen and oxygen atoms in total. The molecule has 2 heterocycles. The lowest BCUT2D eigenvalue weighted by atomic mass is 9.92. The van der Waals surface area contributed by atoms with Gasteiger partial charge in [0.2, 0.25) is 0 Å². The maximum Gasteiger partial charge on any atom is 0.410 e. The van der Waals surface area contributed by atoms with Crippen LogP contribution in [0.4, 0.5) is 4.79 Å². The van der Waals surface area contributed by atoms with E-state index in [2.05, 4.69) is 0 Å². The molecule has 5 rings (SSSR count). The number of aromatic nitrogens is 1. The highest BCUT2D eigenvalue weighted by Gasteiger charge is 2.38. The van der Waals surface area contributed by atoms with Crippen molar-refractivity contribution < 1.29 is 32.2 Å². The van der Waals surface area contributed by atoms with Crippen LogP contribution in [0, 0.1) is 5.92 Å². The van der Waals surface area contributed by atoms with Crippen LogP contribution in [0.1, 0.15) is 36.6 Å². The number of hydrogen-bond acceptors (Lipinski definition) is 7. The first kappa shape index (κ1) is 28.2. The van der Waals surface area contributed by atoms with Crippen molar-refractivity contribution in [1.29, 1.82) is 0 Å². The van der Waals surface area contributed by atoms with E-state index < -0.39 is 28.1 Å². The average molecular weight is 577 g/mol. The molecule has 0 fully saturated rings. The van der Waals surface area contributed by atoms with Crippen LogP contribution in [-0.2, 0) is 37.3 Å². The number of benzene rings is 3. The number of para-hydroxylation sites is 1. The molecule has 0 saturated heterocycles. The fourth-order valence-corrected chi connectivity index (χ4v) is 6.39. The van der Waals surface area contributed by atoms with Crippen molar-refractivity contribution in [2.45, 2.75) is 37.8 Å². The number of carbonyl (C=O) groups excluding carboxylic acids is 2. The van der Waals surface area contributed by atoms with Gasteiger partial charge in [-0.1, -0.05) is 56.3 Å². The molecule has 3 aromatic carbocycles. The topological polar surface area (TPSA) is 104 Å². The van der Waals surface area contributed by atoms with Gasteiger partial charge in [0.05, 0.1) is 24.1 Å². The standard InChI is InChI=1S/C31H32N2O7S/c1-21(2)19-40-31(35)32-16-15-22-17-24(13-14-27(22)29(32)30(34)38-3)39-20-23-18-33(28-12-8-7-11-26(23)28)41(36,37)25-9-5-4-6-10-25/h4-14,17-18,21,29H,15-16,19-20H2,1-3H3. The Balaban J connectivity index is 1.40. The van der Waals surface area contributed by atoms with Gasteiger partial charge in [-0.2, -0.15) is 0 Å². The number of esters is 1. The Morgan fingerprint density at radius 3 is 2.46 bits per heavy atom. The normalized spacial score (nSPS) is 15.0. The molecular formula is C31H32N2O7S. The van der Waals surface area contributed by atoms with Crippen LogP contribution in [0.3, 0.4) is 0 Å². The number of rotatable bonds is 8. The van der Waals surface area contributed by atoms with E-state index in [-0.39, 0.29) is 30.6 Å². The Morgan fingerprint density at radius 1 is 1.00 bits per heavy atom. The highest BCUT2D eigenvalue weighted by Crippen LogP contribution is 2.34. The zero-order valence-corrected chi connectivity index (χ0v) is 24.0. The fourth-order valence-electron chi connectivity index (χ4n) is 4.98. The van der Waals surface area contributed by atoms with Gasteiger partial charge < -0.3 is 14.2 Å². The SMILES string of the molecule is COC(=O)C1c2ccc(OCc3cn(S(=O)(=O)c4ccccc4)c4ccccc34)cc2CCN1C(=O)OCC(C)C. The molecule has 1 aromatic heterocycles. The van der Waals surface area contributed by atoms with Gasteiger partial charge in [-0.15, -0.1) is 0 Å². The van der Waals surface area contributed by atoms with Crippen LogP contribution in [0.2, 0.25) is 0 Å². The van der Waals surface area contributed by atoms with E-state index in [0.29, 0.717) is 28.8 Å². The highest BCUT2D eigenvalue weighted by molar-refractivity contribution is 7.90. The van der Waals surface area contributed by atoms with Gasteiger partial charge in [0.15, 0.2) is 6.04 Å². The molecule has 4 aromatic rings. The molecule has 0 N–H and O–H groups in total. The summed E-state index contributed by atoms with van der Waals surface area (Å²) >= 11 is 0. The van der Waals surface area contributed by atoms with Crippen LogP contribution in [0.15, 0.2) is 83.9 Å². The van der Waals surface area contributed by atoms with E-state index in [1.807, 2.05) is 32.0 Å². The summed E-state index contributed by atoms with van der Waals surface area (Å²) in [7, 11) is -2.51. The van der Waals surface area contributed by atoms with Gasteiger partial charge in [-0.3, -0.25) is 4.90 Å². The molecule has 0 saturated carbocycles. The largest absolute Gasteiger partial charge is 0.489 e. The molecule has 41 heavy (non-hydrogen) atoms. The lowest BCUT2D eigenvalue weighted by Gasteiger charge is -2.35. The minimum atomic E-state index is -3.80. The summed E-state index contributed by atoms with van der Waals surface area (Å²) in [5, 5.41) is 0.770. The van der Waals surface area contributed by atoms with E-state index in [1.165, 1.54) is 16.0 Å². The van der Waals surface area contributed by atoms with Gasteiger partial charge in [0.25, 0.3) is 10.0 Å². The fraction of sp³-hybridized carbons (Fsp3) is 0.290. The molecule has 0 aliphatic carbocycles. The summed E-state index contributed by atoms with van der Waals surface area (Å²) in [6, 6.07) is 20.0. The maximum atomic E-state index is 13.4. The number of hydrogen-bond donors (Lipinski definition) is 0. The summed E-state index contributed by atoms with van der Waals surface area (Å²) in [5.74, 6) is 0.180. The van der Waals surface area contributed by atoms with Gasteiger partial charge in [-0.05, 0) is 53.8 Å². The smallest absolute Gasteiger partial charge is 0.410 e. The Morgan fingerprint density at radius 2 is 1.73 bits per heavy atom. The minimum absolute atomic E-state index is 0.130. The second-order valence-corrected chi connectivity index (χ2v) is 12.1. The number of ether oxygens (including phenoxy) is 3. The van der Waals surface area contributed by atoms with Crippen LogP contribution >= 0.6 is 0 Å². The van der Waals surface area contributed by atoms with Gasteiger partial charge in [0, 0.05) is 23.7 Å². The predicted molar refractivity (Wildman–Crippen MR) is 153 cm³/mol. The van der Waals surface area contributed by atoms with Crippen LogP contribution in [0.25, 0.3) is 10.9 Å². The van der Waals surface area contributed by atoms with E-state index in [4.69, 9.17) is 14.2 Å². The quantitative estimate of drug-likeness (QED) is 0.262. The van der Waals surface area contributed by atoms with Gasteiger partial charge >= 0.3 is 12.1 Å². The molecule has 0 spiro atoms. The summed E-state index contributed by atoms with van der Waals surface area (Å²) in [6.45, 7) is 4.56. The van der Waals surface area contributed by atoms with E-state index in [0.717, 1.165) is 10.9 Å². The monoisotopic (exact) mass is 576 g/mol. The van der Waals surface area contributed by atoms with Crippen molar-refractivity contribution in [2.24, 2.45) is 5.92 Å². The Hall–Kier alpha value is -4.31. The van der Waals surface area contributed by atoms with Gasteiger partial charge in [-0.25, -0.2) is 22.0 Å². The lowest BCUT2D eigenvalue weighted by molar-refractivity contribution is -0.147. The molecule has 1 amide bonds. The van der Waals surface area contributed by atoms with Crippen LogP contribution in [-0.4, -0.2) is 49.6 Å². The summed E-state index contributed by atoms with van der Waals surface area (Å²) in [5.41, 5.74) is 2.79. The maximum absolute atomic E-state index is 13.4. The van der Waals surface area contributed by atoms with Gasteiger partial charge in [0.1, 0.15) is 12.4 Å². The number of amides is 1. The molecule has 1 unspecified atom stereocenters. The zero-order chi connectivity index (χ0) is 29.1. The van der Waals surface area contributed by atoms with Crippen LogP contribution < -0.4 is 4.74 Å². The third kappa shape index (κ3) is 5.65. The average Bonchev–Trinajstić information content (AvgIpc) is 3.37. The first-order chi connectivity index (χ1) is 19.7. The summed E-state index contributed by atoms with van der Waals surface area (Å²) in [6.07, 6.45) is 1.55. The van der Waals surface area contributed by atoms with Crippen molar-refractivity contribution in [3.63, 3.8) is 0 Å². The summed E-state index contributed by atoms with van der Waals surface area (Å²) in [4.78, 5) is 27.1. The molecular weight excluding hydrogens is 544 g/mol. The molecule has 0 bridgehead atoms. The van der Waals surface area contributed by atoms with E-state index in [1.54, 1.807) is 60.8 Å². The Labute approximate surface area is 239 Å². The molecule has 0 radical (unpaired) electrons. The molecule has 1 aliphatic heterocycles. The number of fused-ring (bicyclic) bond motifs is 2. The minimum Gasteiger partial charge on any atom is -0.489 e. The first-order valence-corrected chi connectivity index (χ1v) is 14.8. The van der Waals surface area contributed by atoms with E-state index in [9.17, 15) is 18.0 Å². The third-order valence-electron chi connectivity index (χ3n) is 7.00. The van der Waals surface area contributed by atoms with E-state index >= 15 is 0 Å². The zero-order valence-electron chi connectivity index (χ0n) is 23.1. The molecule has 10 heteroatoms. The first-order valence-electron chi connectivity index (χ1n) is 13.4. The molecule has 1 atom stereocenters. The number of carbonyl (C=O) groups is 2. The van der Waals surface area contributed by atoms with Crippen molar-refractivity contribution in [2.75, 3.05) is 20.3 Å². The second kappa shape index (κ2) is 11.7. The lowest BCUT2D eigenvalue weighted by Crippen LogP contribution is -2.44. The number of methoxy groups -OCH3 is 1. The molecule has 1 aliphatic rings. The van der Waals surface area contributed by atoms with Crippen molar-refractivity contribution in [3.8, 4) is 5.75 Å². The predicted octanol–water partition coefficient (Wildman–Crippen LogP) is 5.32. The van der Waals surface area contributed by atoms with Crippen molar-refractivity contribution in [1.82, 2.24) is 8.87 Å². The van der Waals surface area contributed by atoms with Crippen molar-refractivity contribution in [3.05, 3.63) is 95.7 Å². The second-order valence-electron chi connectivity index (χ2n) is 10.3. The Bertz CT molecular complexity index is 1680. The van der Waals surface area contributed by atoms with Crippen molar-refractivity contribution >= 4 is 33.0 Å². The highest BCUT2D eigenvalue weighted by atomic mass is 32.2.